The number of carbonyl (C=O) groups is 2. The van der Waals surface area contributed by atoms with E-state index >= 15 is 0 Å². The highest BCUT2D eigenvalue weighted by molar-refractivity contribution is 5.96. The number of carboxylic acids is 1. The Kier molecular flexibility index (Phi) is 3.66. The van der Waals surface area contributed by atoms with Crippen molar-refractivity contribution < 1.29 is 14.7 Å². The lowest BCUT2D eigenvalue weighted by Gasteiger charge is -2.10. The van der Waals surface area contributed by atoms with Gasteiger partial charge in [-0.25, -0.2) is 0 Å². The molecule has 1 atom stereocenters. The summed E-state index contributed by atoms with van der Waals surface area (Å²) >= 11 is 0. The zero-order valence-electron chi connectivity index (χ0n) is 9.57. The first-order chi connectivity index (χ1) is 7.41. The van der Waals surface area contributed by atoms with Crippen LogP contribution in [0.3, 0.4) is 0 Å². The lowest BCUT2D eigenvalue weighted by atomic mass is 10.1. The molecule has 0 saturated heterocycles. The van der Waals surface area contributed by atoms with Crippen LogP contribution in [0.4, 0.5) is 0 Å². The summed E-state index contributed by atoms with van der Waals surface area (Å²) in [4.78, 5) is 22.2. The van der Waals surface area contributed by atoms with Gasteiger partial charge in [0.2, 0.25) is 0 Å². The molecule has 1 aromatic carbocycles. The number of hydrogen-bond acceptors (Lipinski definition) is 2. The van der Waals surface area contributed by atoms with Gasteiger partial charge in [0.1, 0.15) is 6.04 Å². The van der Waals surface area contributed by atoms with E-state index in [2.05, 4.69) is 5.32 Å². The quantitative estimate of drug-likeness (QED) is 0.813. The molecular weight excluding hydrogens is 206 g/mol. The van der Waals surface area contributed by atoms with Crippen molar-refractivity contribution in [1.82, 2.24) is 5.32 Å². The molecule has 0 unspecified atom stereocenters. The lowest BCUT2D eigenvalue weighted by molar-refractivity contribution is -0.138. The van der Waals surface area contributed by atoms with Crippen LogP contribution >= 0.6 is 0 Å². The fraction of sp³-hybridized carbons (Fsp3) is 0.333. The Hall–Kier alpha value is -1.84. The van der Waals surface area contributed by atoms with Gasteiger partial charge in [-0.05, 0) is 44.0 Å². The minimum atomic E-state index is -1.04. The predicted molar refractivity (Wildman–Crippen MR) is 60.5 cm³/mol. The van der Waals surface area contributed by atoms with E-state index in [4.69, 9.17) is 5.11 Å². The van der Waals surface area contributed by atoms with E-state index in [1.54, 1.807) is 12.1 Å². The molecule has 0 saturated carbocycles. The highest BCUT2D eigenvalue weighted by Crippen LogP contribution is 2.09. The second-order valence-electron chi connectivity index (χ2n) is 3.83. The van der Waals surface area contributed by atoms with Gasteiger partial charge in [-0.3, -0.25) is 9.59 Å². The van der Waals surface area contributed by atoms with E-state index in [0.717, 1.165) is 11.1 Å². The van der Waals surface area contributed by atoms with Gasteiger partial charge in [0, 0.05) is 5.56 Å². The van der Waals surface area contributed by atoms with E-state index < -0.39 is 12.0 Å². The largest absolute Gasteiger partial charge is 0.480 e. The van der Waals surface area contributed by atoms with E-state index in [1.807, 2.05) is 19.9 Å². The molecule has 1 rings (SSSR count). The summed E-state index contributed by atoms with van der Waals surface area (Å²) in [6, 6.07) is 4.40. The monoisotopic (exact) mass is 221 g/mol. The van der Waals surface area contributed by atoms with Crippen LogP contribution in [0.2, 0.25) is 0 Å². The molecule has 0 spiro atoms. The second-order valence-corrected chi connectivity index (χ2v) is 3.83. The normalized spacial score (nSPS) is 11.9. The molecule has 0 aliphatic carbocycles. The van der Waals surface area contributed by atoms with E-state index in [-0.39, 0.29) is 5.91 Å². The molecule has 0 heterocycles. The van der Waals surface area contributed by atoms with Gasteiger partial charge < -0.3 is 10.4 Å². The highest BCUT2D eigenvalue weighted by atomic mass is 16.4. The zero-order valence-corrected chi connectivity index (χ0v) is 9.57. The van der Waals surface area contributed by atoms with Gasteiger partial charge >= 0.3 is 5.97 Å². The second kappa shape index (κ2) is 4.79. The third-order valence-electron chi connectivity index (χ3n) is 2.49. The average Bonchev–Trinajstić information content (AvgIpc) is 2.21. The number of hydrogen-bond donors (Lipinski definition) is 2. The molecule has 1 aromatic rings. The molecule has 0 fully saturated rings. The van der Waals surface area contributed by atoms with Gasteiger partial charge in [0.15, 0.2) is 0 Å². The Balaban J connectivity index is 2.81. The Bertz CT molecular complexity index is 426. The fourth-order valence-electron chi connectivity index (χ4n) is 1.22. The van der Waals surface area contributed by atoms with Crippen LogP contribution in [-0.4, -0.2) is 23.0 Å². The smallest absolute Gasteiger partial charge is 0.325 e. The zero-order chi connectivity index (χ0) is 12.3. The first kappa shape index (κ1) is 12.2. The van der Waals surface area contributed by atoms with E-state index in [0.29, 0.717) is 5.56 Å². The summed E-state index contributed by atoms with van der Waals surface area (Å²) < 4.78 is 0. The molecular formula is C12H15NO3. The van der Waals surface area contributed by atoms with Crippen molar-refractivity contribution in [2.75, 3.05) is 0 Å². The van der Waals surface area contributed by atoms with Crippen molar-refractivity contribution in [2.45, 2.75) is 26.8 Å². The number of carboxylic acid groups (broad SMARTS) is 1. The Morgan fingerprint density at radius 2 is 1.88 bits per heavy atom. The van der Waals surface area contributed by atoms with E-state index in [9.17, 15) is 9.59 Å². The fourth-order valence-corrected chi connectivity index (χ4v) is 1.22. The molecule has 0 aliphatic heterocycles. The van der Waals surface area contributed by atoms with Gasteiger partial charge in [0.25, 0.3) is 5.91 Å². The molecule has 0 radical (unpaired) electrons. The van der Waals surface area contributed by atoms with Crippen LogP contribution in [0.15, 0.2) is 18.2 Å². The van der Waals surface area contributed by atoms with Crippen molar-refractivity contribution in [3.05, 3.63) is 34.9 Å². The Morgan fingerprint density at radius 1 is 1.25 bits per heavy atom. The van der Waals surface area contributed by atoms with Crippen molar-refractivity contribution in [2.24, 2.45) is 0 Å². The van der Waals surface area contributed by atoms with Crippen LogP contribution in [0.1, 0.15) is 28.4 Å². The van der Waals surface area contributed by atoms with Crippen LogP contribution < -0.4 is 5.32 Å². The third kappa shape index (κ3) is 2.82. The molecule has 2 N–H and O–H groups in total. The first-order valence-electron chi connectivity index (χ1n) is 5.02. The van der Waals surface area contributed by atoms with Crippen molar-refractivity contribution in [1.29, 1.82) is 0 Å². The minimum absolute atomic E-state index is 0.363. The topological polar surface area (TPSA) is 66.4 Å². The minimum Gasteiger partial charge on any atom is -0.480 e. The summed E-state index contributed by atoms with van der Waals surface area (Å²) in [5.74, 6) is -1.41. The van der Waals surface area contributed by atoms with Crippen LogP contribution in [0, 0.1) is 13.8 Å². The van der Waals surface area contributed by atoms with Gasteiger partial charge in [-0.1, -0.05) is 6.07 Å². The molecule has 0 bridgehead atoms. The highest BCUT2D eigenvalue weighted by Gasteiger charge is 2.15. The molecule has 16 heavy (non-hydrogen) atoms. The number of amides is 1. The summed E-state index contributed by atoms with van der Waals surface area (Å²) in [5.41, 5.74) is 2.59. The first-order valence-corrected chi connectivity index (χ1v) is 5.02. The molecule has 4 nitrogen and oxygen atoms in total. The third-order valence-corrected chi connectivity index (χ3v) is 2.49. The number of aliphatic carboxylic acids is 1. The average molecular weight is 221 g/mol. The van der Waals surface area contributed by atoms with Crippen molar-refractivity contribution in [3.63, 3.8) is 0 Å². The van der Waals surface area contributed by atoms with Crippen LogP contribution in [0.25, 0.3) is 0 Å². The molecule has 1 amide bonds. The molecule has 0 aromatic heterocycles. The molecule has 0 aliphatic rings. The summed E-state index contributed by atoms with van der Waals surface area (Å²) in [6.45, 7) is 5.30. The Morgan fingerprint density at radius 3 is 2.38 bits per heavy atom. The predicted octanol–water partition coefficient (Wildman–Crippen LogP) is 1.51. The number of rotatable bonds is 3. The SMILES string of the molecule is Cc1ccc(C(=O)N[C@H](C)C(=O)O)cc1C. The standard InChI is InChI=1S/C12H15NO3/c1-7-4-5-10(6-8(7)2)11(14)13-9(3)12(15)16/h4-6,9H,1-3H3,(H,13,14)(H,15,16)/t9-/m1/s1. The summed E-state index contributed by atoms with van der Waals surface area (Å²) in [6.07, 6.45) is 0. The summed E-state index contributed by atoms with van der Waals surface area (Å²) in [7, 11) is 0. The van der Waals surface area contributed by atoms with Gasteiger partial charge in [0.05, 0.1) is 0 Å². The maximum absolute atomic E-state index is 11.6. The molecule has 4 heteroatoms. The van der Waals surface area contributed by atoms with Gasteiger partial charge in [-0.2, -0.15) is 0 Å². The van der Waals surface area contributed by atoms with Crippen LogP contribution in [-0.2, 0) is 4.79 Å². The number of nitrogens with one attached hydrogen (secondary N) is 1. The number of benzene rings is 1. The summed E-state index contributed by atoms with van der Waals surface area (Å²) in [5, 5.41) is 11.1. The maximum Gasteiger partial charge on any atom is 0.325 e. The maximum atomic E-state index is 11.6. The lowest BCUT2D eigenvalue weighted by Crippen LogP contribution is -2.38. The molecule has 86 valence electrons. The Labute approximate surface area is 94.3 Å². The number of aryl methyl sites for hydroxylation is 2. The van der Waals surface area contributed by atoms with Crippen molar-refractivity contribution in [3.8, 4) is 0 Å². The van der Waals surface area contributed by atoms with Crippen LogP contribution in [0.5, 0.6) is 0 Å². The van der Waals surface area contributed by atoms with E-state index in [1.165, 1.54) is 6.92 Å². The van der Waals surface area contributed by atoms with Gasteiger partial charge in [-0.15, -0.1) is 0 Å². The number of carbonyl (C=O) groups excluding carboxylic acids is 1. The van der Waals surface area contributed by atoms with Crippen molar-refractivity contribution >= 4 is 11.9 Å².